The minimum atomic E-state index is -4.04. The molecule has 7 nitrogen and oxygen atoms in total. The van der Waals surface area contributed by atoms with Gasteiger partial charge >= 0.3 is 5.97 Å². The fourth-order valence-corrected chi connectivity index (χ4v) is 3.46. The lowest BCUT2D eigenvalue weighted by molar-refractivity contribution is 0.0596. The third-order valence-corrected chi connectivity index (χ3v) is 4.66. The highest BCUT2D eigenvalue weighted by atomic mass is 35.5. The Morgan fingerprint density at radius 3 is 2.64 bits per heavy atom. The number of carbonyl (C=O) groups is 1. The molecule has 2 heterocycles. The van der Waals surface area contributed by atoms with E-state index in [1.165, 1.54) is 25.3 Å². The van der Waals surface area contributed by atoms with Crippen molar-refractivity contribution in [3.8, 4) is 0 Å². The van der Waals surface area contributed by atoms with E-state index in [9.17, 15) is 13.2 Å². The molecule has 22 heavy (non-hydrogen) atoms. The third kappa shape index (κ3) is 3.34. The highest BCUT2D eigenvalue weighted by Crippen LogP contribution is 2.26. The summed E-state index contributed by atoms with van der Waals surface area (Å²) in [6, 6.07) is 3.98. The van der Waals surface area contributed by atoms with E-state index in [2.05, 4.69) is 19.4 Å². The molecule has 0 aliphatic rings. The van der Waals surface area contributed by atoms with Crippen LogP contribution in [0.15, 0.2) is 23.1 Å². The maximum absolute atomic E-state index is 12.4. The minimum absolute atomic E-state index is 0.0124. The molecular weight excluding hydrogens is 353 g/mol. The number of sulfonamides is 1. The highest BCUT2D eigenvalue weighted by Gasteiger charge is 2.23. The summed E-state index contributed by atoms with van der Waals surface area (Å²) < 4.78 is 31.6. The zero-order valence-corrected chi connectivity index (χ0v) is 13.8. The van der Waals surface area contributed by atoms with Crippen molar-refractivity contribution in [1.29, 1.82) is 0 Å². The summed E-state index contributed by atoms with van der Waals surface area (Å²) in [4.78, 5) is 17.8. The smallest absolute Gasteiger partial charge is 0.356 e. The van der Waals surface area contributed by atoms with Crippen LogP contribution in [0.1, 0.15) is 16.2 Å². The summed E-state index contributed by atoms with van der Waals surface area (Å²) in [5.74, 6) is -0.703. The van der Waals surface area contributed by atoms with Crippen molar-refractivity contribution in [2.45, 2.75) is 11.8 Å². The number of ether oxygens (including phenoxy) is 1. The molecule has 2 aromatic heterocycles. The van der Waals surface area contributed by atoms with Crippen molar-refractivity contribution >= 4 is 44.9 Å². The molecule has 0 amide bonds. The molecule has 2 aromatic rings. The van der Waals surface area contributed by atoms with Crippen LogP contribution >= 0.6 is 23.2 Å². The molecule has 2 rings (SSSR count). The Kier molecular flexibility index (Phi) is 4.64. The number of aromatic nitrogens is 2. The Bertz CT molecular complexity index is 833. The van der Waals surface area contributed by atoms with Crippen molar-refractivity contribution in [3.05, 3.63) is 39.9 Å². The summed E-state index contributed by atoms with van der Waals surface area (Å²) in [5.41, 5.74) is 0.621. The molecule has 0 fully saturated rings. The number of pyridine rings is 1. The van der Waals surface area contributed by atoms with Crippen molar-refractivity contribution in [1.82, 2.24) is 9.97 Å². The average Bonchev–Trinajstić information content (AvgIpc) is 2.77. The average molecular weight is 364 g/mol. The fraction of sp³-hybridized carbons (Fsp3) is 0.167. The molecule has 0 saturated carbocycles. The largest absolute Gasteiger partial charge is 0.464 e. The van der Waals surface area contributed by atoms with Crippen molar-refractivity contribution in [2.75, 3.05) is 11.8 Å². The number of nitrogens with one attached hydrogen (secondary N) is 2. The Labute approximate surface area is 136 Å². The molecule has 0 aromatic carbocycles. The summed E-state index contributed by atoms with van der Waals surface area (Å²) in [7, 11) is -2.85. The van der Waals surface area contributed by atoms with Gasteiger partial charge in [0.15, 0.2) is 5.15 Å². The molecule has 0 aliphatic heterocycles. The first-order chi connectivity index (χ1) is 10.2. The van der Waals surface area contributed by atoms with Crippen LogP contribution in [0.5, 0.6) is 0 Å². The first-order valence-corrected chi connectivity index (χ1v) is 8.11. The monoisotopic (exact) mass is 363 g/mol. The van der Waals surface area contributed by atoms with Crippen molar-refractivity contribution in [3.63, 3.8) is 0 Å². The molecule has 118 valence electrons. The number of aromatic amines is 1. The fourth-order valence-electron chi connectivity index (χ4n) is 1.73. The first kappa shape index (κ1) is 16.6. The van der Waals surface area contributed by atoms with E-state index in [0.717, 1.165) is 0 Å². The summed E-state index contributed by atoms with van der Waals surface area (Å²) in [6.07, 6.45) is 0. The van der Waals surface area contributed by atoms with Crippen LogP contribution in [-0.4, -0.2) is 31.5 Å². The molecular formula is C12H11Cl2N3O4S. The number of carbonyl (C=O) groups excluding carboxylic acids is 1. The second kappa shape index (κ2) is 6.15. The molecule has 0 bridgehead atoms. The Morgan fingerprint density at radius 2 is 2.05 bits per heavy atom. The van der Waals surface area contributed by atoms with Crippen molar-refractivity contribution in [2.24, 2.45) is 0 Å². The number of nitrogens with zero attached hydrogens (tertiary/aromatic N) is 1. The van der Waals surface area contributed by atoms with Gasteiger partial charge in [0.1, 0.15) is 15.7 Å². The minimum Gasteiger partial charge on any atom is -0.464 e. The van der Waals surface area contributed by atoms with Gasteiger partial charge in [0, 0.05) is 5.69 Å². The molecule has 2 N–H and O–H groups in total. The van der Waals surface area contributed by atoms with Crippen LogP contribution in [0, 0.1) is 6.92 Å². The van der Waals surface area contributed by atoms with Crippen molar-refractivity contribution < 1.29 is 17.9 Å². The van der Waals surface area contributed by atoms with Gasteiger partial charge in [0.2, 0.25) is 0 Å². The summed E-state index contributed by atoms with van der Waals surface area (Å²) >= 11 is 11.4. The number of aryl methyl sites for hydroxylation is 1. The lowest BCUT2D eigenvalue weighted by Gasteiger charge is -2.09. The number of halogens is 2. The van der Waals surface area contributed by atoms with Gasteiger partial charge in [-0.15, -0.1) is 0 Å². The molecule has 0 aliphatic carbocycles. The van der Waals surface area contributed by atoms with Crippen LogP contribution in [-0.2, 0) is 14.8 Å². The van der Waals surface area contributed by atoms with Gasteiger partial charge < -0.3 is 9.72 Å². The first-order valence-electron chi connectivity index (χ1n) is 5.87. The summed E-state index contributed by atoms with van der Waals surface area (Å²) in [6.45, 7) is 1.67. The van der Waals surface area contributed by atoms with E-state index in [1.807, 2.05) is 0 Å². The van der Waals surface area contributed by atoms with E-state index >= 15 is 0 Å². The van der Waals surface area contributed by atoms with E-state index in [1.54, 1.807) is 6.92 Å². The van der Waals surface area contributed by atoms with E-state index in [-0.39, 0.29) is 26.6 Å². The number of esters is 1. The lowest BCUT2D eigenvalue weighted by atomic mass is 10.4. The van der Waals surface area contributed by atoms with Gasteiger partial charge in [-0.3, -0.25) is 4.72 Å². The van der Waals surface area contributed by atoms with Crippen LogP contribution in [0.3, 0.4) is 0 Å². The van der Waals surface area contributed by atoms with Gasteiger partial charge in [0.25, 0.3) is 10.0 Å². The zero-order valence-electron chi connectivity index (χ0n) is 11.5. The number of hydrogen-bond acceptors (Lipinski definition) is 5. The lowest BCUT2D eigenvalue weighted by Crippen LogP contribution is -2.16. The predicted octanol–water partition coefficient (Wildman–Crippen LogP) is 2.61. The van der Waals surface area contributed by atoms with Gasteiger partial charge in [-0.05, 0) is 25.1 Å². The molecule has 10 heteroatoms. The Balaban J connectivity index is 2.43. The van der Waals surface area contributed by atoms with E-state index < -0.39 is 16.0 Å². The van der Waals surface area contributed by atoms with Crippen LogP contribution in [0.2, 0.25) is 10.3 Å². The number of methoxy groups -OCH3 is 1. The maximum Gasteiger partial charge on any atom is 0.356 e. The molecule has 0 saturated heterocycles. The second-order valence-electron chi connectivity index (χ2n) is 4.26. The normalized spacial score (nSPS) is 11.3. The van der Waals surface area contributed by atoms with Gasteiger partial charge in [0.05, 0.1) is 12.8 Å². The number of H-pyrrole nitrogens is 1. The van der Waals surface area contributed by atoms with Gasteiger partial charge in [-0.2, -0.15) is 0 Å². The quantitative estimate of drug-likeness (QED) is 0.642. The predicted molar refractivity (Wildman–Crippen MR) is 81.9 cm³/mol. The van der Waals surface area contributed by atoms with Gasteiger partial charge in [-0.1, -0.05) is 23.2 Å². The zero-order chi connectivity index (χ0) is 16.5. The standard InChI is InChI=1S/C12H11Cl2N3O4S/c1-6-5-7(10(15-6)12(18)21-2)17-22(19,20)8-3-4-9(13)16-11(8)14/h3-5,15,17H,1-2H3. The number of rotatable bonds is 4. The summed E-state index contributed by atoms with van der Waals surface area (Å²) in [5, 5.41) is -0.205. The topological polar surface area (TPSA) is 101 Å². The van der Waals surface area contributed by atoms with Gasteiger partial charge in [-0.25, -0.2) is 18.2 Å². The van der Waals surface area contributed by atoms with Crippen LogP contribution in [0.4, 0.5) is 5.69 Å². The molecule has 0 unspecified atom stereocenters. The number of hydrogen-bond donors (Lipinski definition) is 2. The van der Waals surface area contributed by atoms with E-state index in [0.29, 0.717) is 5.69 Å². The Hall–Kier alpha value is -1.77. The highest BCUT2D eigenvalue weighted by molar-refractivity contribution is 7.92. The molecule has 0 spiro atoms. The third-order valence-electron chi connectivity index (χ3n) is 2.66. The van der Waals surface area contributed by atoms with Crippen LogP contribution < -0.4 is 4.72 Å². The SMILES string of the molecule is COC(=O)c1[nH]c(C)cc1NS(=O)(=O)c1ccc(Cl)nc1Cl. The van der Waals surface area contributed by atoms with Crippen LogP contribution in [0.25, 0.3) is 0 Å². The maximum atomic E-state index is 12.4. The Morgan fingerprint density at radius 1 is 1.36 bits per heavy atom. The molecule has 0 radical (unpaired) electrons. The van der Waals surface area contributed by atoms with E-state index in [4.69, 9.17) is 23.2 Å². The number of anilines is 1. The molecule has 0 atom stereocenters. The second-order valence-corrected chi connectivity index (χ2v) is 6.66.